The Morgan fingerprint density at radius 2 is 1.96 bits per heavy atom. The predicted molar refractivity (Wildman–Crippen MR) is 88.5 cm³/mol. The number of benzene rings is 1. The van der Waals surface area contributed by atoms with Crippen LogP contribution in [0.25, 0.3) is 0 Å². The monoisotopic (exact) mass is 333 g/mol. The molecule has 0 aliphatic heterocycles. The van der Waals surface area contributed by atoms with Crippen LogP contribution >= 0.6 is 11.6 Å². The molecule has 1 N–H and O–H groups in total. The maximum absolute atomic E-state index is 12.0. The molecule has 0 aliphatic rings. The fraction of sp³-hybridized carbons (Fsp3) is 0.188. The zero-order chi connectivity index (χ0) is 16.8. The van der Waals surface area contributed by atoms with Gasteiger partial charge in [-0.1, -0.05) is 11.6 Å². The van der Waals surface area contributed by atoms with Crippen LogP contribution in [0.5, 0.6) is 11.5 Å². The summed E-state index contributed by atoms with van der Waals surface area (Å²) in [5.74, 6) is 0.777. The average molecular weight is 334 g/mol. The van der Waals surface area contributed by atoms with Crippen LogP contribution in [0.15, 0.2) is 41.6 Å². The number of carbonyl (C=O) groups excluding carboxylic acids is 1. The first-order valence-corrected chi connectivity index (χ1v) is 7.12. The number of rotatable bonds is 5. The van der Waals surface area contributed by atoms with Crippen LogP contribution < -0.4 is 14.9 Å². The summed E-state index contributed by atoms with van der Waals surface area (Å²) in [6.07, 6.45) is 1.51. The number of halogens is 1. The number of hydrogen-bond acceptors (Lipinski definition) is 5. The normalized spacial score (nSPS) is 11.0. The average Bonchev–Trinajstić information content (AvgIpc) is 2.59. The molecule has 0 saturated heterocycles. The molecule has 0 radical (unpaired) electrons. The van der Waals surface area contributed by atoms with Crippen molar-refractivity contribution >= 4 is 23.2 Å². The van der Waals surface area contributed by atoms with Crippen molar-refractivity contribution in [3.63, 3.8) is 0 Å². The number of ether oxygens (including phenoxy) is 2. The Bertz CT molecular complexity index is 747. The molecule has 1 aromatic heterocycles. The number of nitrogens with zero attached hydrogens (tertiary/aromatic N) is 2. The van der Waals surface area contributed by atoms with Crippen molar-refractivity contribution in [1.29, 1.82) is 0 Å². The molecule has 0 bridgehead atoms. The first-order chi connectivity index (χ1) is 11.1. The van der Waals surface area contributed by atoms with Gasteiger partial charge in [0.2, 0.25) is 0 Å². The van der Waals surface area contributed by atoms with E-state index in [0.29, 0.717) is 17.2 Å². The summed E-state index contributed by atoms with van der Waals surface area (Å²) >= 11 is 5.87. The molecule has 2 rings (SSSR count). The van der Waals surface area contributed by atoms with Gasteiger partial charge in [-0.15, -0.1) is 0 Å². The van der Waals surface area contributed by atoms with Gasteiger partial charge in [0.15, 0.2) is 11.5 Å². The predicted octanol–water partition coefficient (Wildman–Crippen LogP) is 2.91. The molecule has 120 valence electrons. The van der Waals surface area contributed by atoms with Crippen LogP contribution in [-0.2, 0) is 0 Å². The molecule has 0 saturated carbocycles. The molecule has 0 atom stereocenters. The highest BCUT2D eigenvalue weighted by molar-refractivity contribution is 6.32. The van der Waals surface area contributed by atoms with E-state index in [-0.39, 0.29) is 10.7 Å². The zero-order valence-corrected chi connectivity index (χ0v) is 13.7. The third-order valence-electron chi connectivity index (χ3n) is 3.13. The molecule has 0 fully saturated rings. The minimum atomic E-state index is -0.428. The number of methoxy groups -OCH3 is 2. The minimum absolute atomic E-state index is 0.129. The fourth-order valence-corrected chi connectivity index (χ4v) is 2.08. The number of nitrogens with one attached hydrogen (secondary N) is 1. The lowest BCUT2D eigenvalue weighted by Crippen LogP contribution is -2.20. The molecule has 2 aromatic rings. The number of pyridine rings is 1. The second kappa shape index (κ2) is 7.60. The fourth-order valence-electron chi connectivity index (χ4n) is 1.88. The Morgan fingerprint density at radius 3 is 2.61 bits per heavy atom. The SMILES string of the molecule is COc1ccc(C(C)=NNC(=O)c2cccnc2Cl)cc1OC. The molecule has 1 amide bonds. The lowest BCUT2D eigenvalue weighted by atomic mass is 10.1. The number of aromatic nitrogens is 1. The standard InChI is InChI=1S/C16H16ClN3O3/c1-10(11-6-7-13(22-2)14(9-11)23-3)19-20-16(21)12-5-4-8-18-15(12)17/h4-9H,1-3H3,(H,20,21). The van der Waals surface area contributed by atoms with Gasteiger partial charge in [0.1, 0.15) is 5.15 Å². The largest absolute Gasteiger partial charge is 0.493 e. The second-order valence-electron chi connectivity index (χ2n) is 4.55. The number of amides is 1. The van der Waals surface area contributed by atoms with E-state index in [1.54, 1.807) is 45.4 Å². The molecular formula is C16H16ClN3O3. The minimum Gasteiger partial charge on any atom is -0.493 e. The summed E-state index contributed by atoms with van der Waals surface area (Å²) in [4.78, 5) is 15.9. The van der Waals surface area contributed by atoms with Gasteiger partial charge >= 0.3 is 0 Å². The molecule has 23 heavy (non-hydrogen) atoms. The summed E-state index contributed by atoms with van der Waals surface area (Å²) < 4.78 is 10.4. The number of hydrazone groups is 1. The van der Waals surface area contributed by atoms with Crippen molar-refractivity contribution in [1.82, 2.24) is 10.4 Å². The van der Waals surface area contributed by atoms with E-state index >= 15 is 0 Å². The van der Waals surface area contributed by atoms with Crippen LogP contribution in [-0.4, -0.2) is 30.8 Å². The highest BCUT2D eigenvalue weighted by Gasteiger charge is 2.11. The third-order valence-corrected chi connectivity index (χ3v) is 3.43. The van der Waals surface area contributed by atoms with Gasteiger partial charge in [0.05, 0.1) is 25.5 Å². The van der Waals surface area contributed by atoms with Crippen LogP contribution in [0.2, 0.25) is 5.15 Å². The van der Waals surface area contributed by atoms with Gasteiger partial charge in [-0.05, 0) is 37.3 Å². The smallest absolute Gasteiger partial charge is 0.274 e. The van der Waals surface area contributed by atoms with Gasteiger partial charge in [0, 0.05) is 11.8 Å². The Labute approximate surface area is 139 Å². The summed E-state index contributed by atoms with van der Waals surface area (Å²) in [5.41, 5.74) is 4.12. The molecule has 0 unspecified atom stereocenters. The number of carbonyl (C=O) groups is 1. The third kappa shape index (κ3) is 3.98. The van der Waals surface area contributed by atoms with E-state index in [2.05, 4.69) is 15.5 Å². The molecular weight excluding hydrogens is 318 g/mol. The first kappa shape index (κ1) is 16.8. The Kier molecular flexibility index (Phi) is 5.54. The first-order valence-electron chi connectivity index (χ1n) is 6.74. The summed E-state index contributed by atoms with van der Waals surface area (Å²) in [6, 6.07) is 8.58. The Hall–Kier alpha value is -2.60. The van der Waals surface area contributed by atoms with E-state index in [0.717, 1.165) is 5.56 Å². The van der Waals surface area contributed by atoms with E-state index < -0.39 is 5.91 Å². The highest BCUT2D eigenvalue weighted by Crippen LogP contribution is 2.27. The lowest BCUT2D eigenvalue weighted by Gasteiger charge is -2.09. The van der Waals surface area contributed by atoms with Crippen molar-refractivity contribution in [2.45, 2.75) is 6.92 Å². The molecule has 0 spiro atoms. The van der Waals surface area contributed by atoms with E-state index in [1.165, 1.54) is 6.20 Å². The van der Waals surface area contributed by atoms with Crippen LogP contribution in [0.4, 0.5) is 0 Å². The van der Waals surface area contributed by atoms with Crippen molar-refractivity contribution in [2.24, 2.45) is 5.10 Å². The van der Waals surface area contributed by atoms with Crippen LogP contribution in [0.1, 0.15) is 22.8 Å². The Balaban J connectivity index is 2.17. The molecule has 7 heteroatoms. The van der Waals surface area contributed by atoms with Gasteiger partial charge in [-0.3, -0.25) is 4.79 Å². The van der Waals surface area contributed by atoms with Crippen molar-refractivity contribution < 1.29 is 14.3 Å². The van der Waals surface area contributed by atoms with Gasteiger partial charge in [-0.25, -0.2) is 10.4 Å². The molecule has 6 nitrogen and oxygen atoms in total. The molecule has 1 heterocycles. The summed E-state index contributed by atoms with van der Waals surface area (Å²) in [5, 5.41) is 4.21. The van der Waals surface area contributed by atoms with E-state index in [4.69, 9.17) is 21.1 Å². The van der Waals surface area contributed by atoms with E-state index in [1.807, 2.05) is 6.07 Å². The maximum atomic E-state index is 12.0. The van der Waals surface area contributed by atoms with Crippen LogP contribution in [0.3, 0.4) is 0 Å². The highest BCUT2D eigenvalue weighted by atomic mass is 35.5. The van der Waals surface area contributed by atoms with Crippen molar-refractivity contribution in [3.8, 4) is 11.5 Å². The summed E-state index contributed by atoms with van der Waals surface area (Å²) in [7, 11) is 3.12. The lowest BCUT2D eigenvalue weighted by molar-refractivity contribution is 0.0954. The Morgan fingerprint density at radius 1 is 1.22 bits per heavy atom. The van der Waals surface area contributed by atoms with Crippen molar-refractivity contribution in [2.75, 3.05) is 14.2 Å². The van der Waals surface area contributed by atoms with Crippen molar-refractivity contribution in [3.05, 3.63) is 52.8 Å². The van der Waals surface area contributed by atoms with Gasteiger partial charge in [-0.2, -0.15) is 5.10 Å². The molecule has 0 aliphatic carbocycles. The zero-order valence-electron chi connectivity index (χ0n) is 13.0. The second-order valence-corrected chi connectivity index (χ2v) is 4.91. The van der Waals surface area contributed by atoms with Crippen LogP contribution in [0, 0.1) is 0 Å². The van der Waals surface area contributed by atoms with Gasteiger partial charge < -0.3 is 9.47 Å². The summed E-state index contributed by atoms with van der Waals surface area (Å²) in [6.45, 7) is 1.77. The maximum Gasteiger partial charge on any atom is 0.274 e. The van der Waals surface area contributed by atoms with E-state index in [9.17, 15) is 4.79 Å². The topological polar surface area (TPSA) is 72.8 Å². The van der Waals surface area contributed by atoms with Gasteiger partial charge in [0.25, 0.3) is 5.91 Å². The number of hydrogen-bond donors (Lipinski definition) is 1. The molecule has 1 aromatic carbocycles. The quantitative estimate of drug-likeness (QED) is 0.519.